The third-order valence-corrected chi connectivity index (χ3v) is 4.85. The molecule has 0 radical (unpaired) electrons. The summed E-state index contributed by atoms with van der Waals surface area (Å²) in [6, 6.07) is 11.8. The van der Waals surface area contributed by atoms with E-state index in [1.165, 1.54) is 0 Å². The molecule has 0 spiro atoms. The Morgan fingerprint density at radius 3 is 2.57 bits per heavy atom. The first-order valence-electron chi connectivity index (χ1n) is 9.92. The van der Waals surface area contributed by atoms with Crippen LogP contribution in [0.5, 0.6) is 5.75 Å². The van der Waals surface area contributed by atoms with Crippen LogP contribution < -0.4 is 10.1 Å². The Kier molecular flexibility index (Phi) is 6.72. The monoisotopic (exact) mass is 408 g/mol. The topological polar surface area (TPSA) is 80.5 Å². The second-order valence-electron chi connectivity index (χ2n) is 7.58. The number of ether oxygens (including phenoxy) is 1. The molecule has 7 nitrogen and oxygen atoms in total. The maximum absolute atomic E-state index is 12.4. The van der Waals surface area contributed by atoms with Gasteiger partial charge in [-0.3, -0.25) is 0 Å². The average molecular weight is 409 g/mol. The van der Waals surface area contributed by atoms with Gasteiger partial charge in [-0.2, -0.15) is 4.98 Å². The van der Waals surface area contributed by atoms with Crippen LogP contribution in [0.2, 0.25) is 0 Å². The Morgan fingerprint density at radius 2 is 1.80 bits per heavy atom. The van der Waals surface area contributed by atoms with Crippen molar-refractivity contribution in [3.05, 3.63) is 70.4 Å². The molecule has 0 saturated carbocycles. The third kappa shape index (κ3) is 5.59. The van der Waals surface area contributed by atoms with Gasteiger partial charge in [0, 0.05) is 25.7 Å². The van der Waals surface area contributed by atoms with Crippen LogP contribution in [0.25, 0.3) is 0 Å². The van der Waals surface area contributed by atoms with Gasteiger partial charge in [-0.1, -0.05) is 35.0 Å². The SMILES string of the molecule is Cc1ccc(NC(=O)N(C)CCc2noc(COc3cc(C)ccc3C)n2)c(C)c1. The number of amides is 2. The molecular weight excluding hydrogens is 380 g/mol. The number of benzene rings is 2. The summed E-state index contributed by atoms with van der Waals surface area (Å²) < 4.78 is 11.1. The number of hydrogen-bond donors (Lipinski definition) is 1. The molecule has 2 amide bonds. The van der Waals surface area contributed by atoms with Crippen LogP contribution >= 0.6 is 0 Å². The molecule has 0 fully saturated rings. The van der Waals surface area contributed by atoms with Crippen molar-refractivity contribution in [1.29, 1.82) is 0 Å². The van der Waals surface area contributed by atoms with Gasteiger partial charge in [0.05, 0.1) is 0 Å². The highest BCUT2D eigenvalue weighted by atomic mass is 16.5. The van der Waals surface area contributed by atoms with Crippen LogP contribution in [0.1, 0.15) is 34.0 Å². The summed E-state index contributed by atoms with van der Waals surface area (Å²) >= 11 is 0. The minimum atomic E-state index is -0.177. The Morgan fingerprint density at radius 1 is 1.07 bits per heavy atom. The number of aryl methyl sites for hydroxylation is 4. The smallest absolute Gasteiger partial charge is 0.321 e. The van der Waals surface area contributed by atoms with E-state index in [9.17, 15) is 4.79 Å². The van der Waals surface area contributed by atoms with Gasteiger partial charge in [-0.25, -0.2) is 4.79 Å². The standard InChI is InChI=1S/C23H28N4O3/c1-15-7-9-19(18(4)12-15)24-23(28)27(5)11-10-21-25-22(30-26-21)14-29-20-13-16(2)6-8-17(20)3/h6-9,12-13H,10-11,14H2,1-5H3,(H,24,28). The molecule has 0 aliphatic carbocycles. The van der Waals surface area contributed by atoms with E-state index >= 15 is 0 Å². The van der Waals surface area contributed by atoms with Gasteiger partial charge < -0.3 is 19.5 Å². The largest absolute Gasteiger partial charge is 0.483 e. The highest BCUT2D eigenvalue weighted by Gasteiger charge is 2.13. The van der Waals surface area contributed by atoms with E-state index in [1.807, 2.05) is 64.1 Å². The second kappa shape index (κ2) is 9.43. The fourth-order valence-corrected chi connectivity index (χ4v) is 2.99. The maximum atomic E-state index is 12.4. The third-order valence-electron chi connectivity index (χ3n) is 4.85. The summed E-state index contributed by atoms with van der Waals surface area (Å²) in [6.07, 6.45) is 0.490. The van der Waals surface area contributed by atoms with E-state index < -0.39 is 0 Å². The van der Waals surface area contributed by atoms with Crippen LogP contribution in [-0.4, -0.2) is 34.7 Å². The first kappa shape index (κ1) is 21.4. The van der Waals surface area contributed by atoms with Crippen molar-refractivity contribution in [1.82, 2.24) is 15.0 Å². The molecule has 0 atom stereocenters. The molecule has 3 rings (SSSR count). The van der Waals surface area contributed by atoms with Crippen molar-refractivity contribution < 1.29 is 14.1 Å². The molecule has 1 heterocycles. The summed E-state index contributed by atoms with van der Waals surface area (Å²) in [7, 11) is 1.74. The molecule has 158 valence electrons. The lowest BCUT2D eigenvalue weighted by Gasteiger charge is -2.18. The molecule has 2 aromatic carbocycles. The summed E-state index contributed by atoms with van der Waals surface area (Å²) in [5.74, 6) is 1.76. The van der Waals surface area contributed by atoms with Crippen LogP contribution in [0, 0.1) is 27.7 Å². The van der Waals surface area contributed by atoms with Crippen molar-refractivity contribution in [3.63, 3.8) is 0 Å². The zero-order valence-corrected chi connectivity index (χ0v) is 18.2. The molecule has 1 N–H and O–H groups in total. The molecule has 0 bridgehead atoms. The van der Waals surface area contributed by atoms with E-state index in [2.05, 4.69) is 15.5 Å². The number of nitrogens with zero attached hydrogens (tertiary/aromatic N) is 3. The number of hydrogen-bond acceptors (Lipinski definition) is 5. The van der Waals surface area contributed by atoms with Gasteiger partial charge >= 0.3 is 6.03 Å². The van der Waals surface area contributed by atoms with Gasteiger partial charge in [0.15, 0.2) is 12.4 Å². The lowest BCUT2D eigenvalue weighted by Crippen LogP contribution is -2.33. The van der Waals surface area contributed by atoms with Crippen LogP contribution in [0.3, 0.4) is 0 Å². The van der Waals surface area contributed by atoms with Crippen molar-refractivity contribution in [2.75, 3.05) is 18.9 Å². The highest BCUT2D eigenvalue weighted by Crippen LogP contribution is 2.20. The zero-order chi connectivity index (χ0) is 21.7. The van der Waals surface area contributed by atoms with Gasteiger partial charge in [0.2, 0.25) is 0 Å². The van der Waals surface area contributed by atoms with Crippen LogP contribution in [0.4, 0.5) is 10.5 Å². The van der Waals surface area contributed by atoms with Crippen molar-refractivity contribution in [3.8, 4) is 5.75 Å². The van der Waals surface area contributed by atoms with Crippen molar-refractivity contribution in [2.45, 2.75) is 40.7 Å². The predicted octanol–water partition coefficient (Wildman–Crippen LogP) is 4.59. The fraction of sp³-hybridized carbons (Fsp3) is 0.348. The van der Waals surface area contributed by atoms with Gasteiger partial charge in [0.25, 0.3) is 5.89 Å². The molecule has 30 heavy (non-hydrogen) atoms. The van der Waals surface area contributed by atoms with Crippen molar-refractivity contribution in [2.24, 2.45) is 0 Å². The number of aromatic nitrogens is 2. The molecule has 0 aliphatic rings. The number of urea groups is 1. The van der Waals surface area contributed by atoms with E-state index in [-0.39, 0.29) is 12.6 Å². The molecule has 0 aliphatic heterocycles. The first-order chi connectivity index (χ1) is 14.3. The normalized spacial score (nSPS) is 10.7. The van der Waals surface area contributed by atoms with Crippen LogP contribution in [-0.2, 0) is 13.0 Å². The average Bonchev–Trinajstić information content (AvgIpc) is 3.16. The molecule has 3 aromatic rings. The predicted molar refractivity (Wildman–Crippen MR) is 116 cm³/mol. The van der Waals surface area contributed by atoms with Gasteiger partial charge in [-0.05, 0) is 56.5 Å². The number of anilines is 1. The molecule has 0 saturated heterocycles. The Labute approximate surface area is 177 Å². The van der Waals surface area contributed by atoms with E-state index in [1.54, 1.807) is 11.9 Å². The minimum Gasteiger partial charge on any atom is -0.483 e. The molecule has 7 heteroatoms. The number of carbonyl (C=O) groups excluding carboxylic acids is 1. The number of likely N-dealkylation sites (N-methyl/N-ethyl adjacent to an activating group) is 1. The second-order valence-corrected chi connectivity index (χ2v) is 7.58. The van der Waals surface area contributed by atoms with E-state index in [0.717, 1.165) is 33.7 Å². The highest BCUT2D eigenvalue weighted by molar-refractivity contribution is 5.90. The molecule has 1 aromatic heterocycles. The number of rotatable bonds is 7. The van der Waals surface area contributed by atoms with E-state index in [4.69, 9.17) is 9.26 Å². The van der Waals surface area contributed by atoms with Gasteiger partial charge in [0.1, 0.15) is 5.75 Å². The summed E-state index contributed by atoms with van der Waals surface area (Å²) in [5, 5.41) is 6.91. The van der Waals surface area contributed by atoms with Gasteiger partial charge in [-0.15, -0.1) is 0 Å². The zero-order valence-electron chi connectivity index (χ0n) is 18.2. The Balaban J connectivity index is 1.49. The number of nitrogens with one attached hydrogen (secondary N) is 1. The minimum absolute atomic E-state index is 0.177. The quantitative estimate of drug-likeness (QED) is 0.618. The molecular formula is C23H28N4O3. The number of carbonyl (C=O) groups is 1. The molecule has 0 unspecified atom stereocenters. The van der Waals surface area contributed by atoms with Crippen molar-refractivity contribution >= 4 is 11.7 Å². The summed E-state index contributed by atoms with van der Waals surface area (Å²) in [4.78, 5) is 18.4. The van der Waals surface area contributed by atoms with Crippen LogP contribution in [0.15, 0.2) is 40.9 Å². The van der Waals surface area contributed by atoms with E-state index in [0.29, 0.717) is 24.7 Å². The Bertz CT molecular complexity index is 1030. The Hall–Kier alpha value is -3.35. The first-order valence-corrected chi connectivity index (χ1v) is 9.92. The lowest BCUT2D eigenvalue weighted by molar-refractivity contribution is 0.222. The summed E-state index contributed by atoms with van der Waals surface area (Å²) in [5.41, 5.74) is 5.18. The fourth-order valence-electron chi connectivity index (χ4n) is 2.99. The lowest BCUT2D eigenvalue weighted by atomic mass is 10.1. The summed E-state index contributed by atoms with van der Waals surface area (Å²) in [6.45, 7) is 8.69. The maximum Gasteiger partial charge on any atom is 0.321 e.